The Morgan fingerprint density at radius 2 is 1.82 bits per heavy atom. The first-order valence-corrected chi connectivity index (χ1v) is 14.5. The van der Waals surface area contributed by atoms with Crippen LogP contribution in [0.4, 0.5) is 0 Å². The van der Waals surface area contributed by atoms with Gasteiger partial charge in [0.25, 0.3) is 5.91 Å². The number of hydrogen-bond acceptors (Lipinski definition) is 7. The molecule has 1 aliphatic heterocycles. The number of sulfone groups is 1. The molecule has 1 fully saturated rings. The van der Waals surface area contributed by atoms with Gasteiger partial charge in [-0.25, -0.2) is 13.4 Å². The van der Waals surface area contributed by atoms with Gasteiger partial charge in [0.2, 0.25) is 11.8 Å². The molecular formula is C27H34N4O7S. The Labute approximate surface area is 227 Å². The second kappa shape index (κ2) is 11.9. The molecule has 0 radical (unpaired) electrons. The van der Waals surface area contributed by atoms with Crippen LogP contribution in [-0.2, 0) is 24.2 Å². The van der Waals surface area contributed by atoms with E-state index in [1.165, 1.54) is 4.90 Å². The van der Waals surface area contributed by atoms with E-state index in [1.54, 1.807) is 39.0 Å². The third kappa shape index (κ3) is 8.09. The quantitative estimate of drug-likeness (QED) is 0.420. The van der Waals surface area contributed by atoms with Gasteiger partial charge in [-0.2, -0.15) is 0 Å². The van der Waals surface area contributed by atoms with Crippen LogP contribution in [0.5, 0.6) is 0 Å². The van der Waals surface area contributed by atoms with Gasteiger partial charge in [0, 0.05) is 23.6 Å². The molecule has 0 unspecified atom stereocenters. The molecule has 3 atom stereocenters. The van der Waals surface area contributed by atoms with Crippen LogP contribution < -0.4 is 10.6 Å². The fourth-order valence-corrected chi connectivity index (χ4v) is 4.86. The van der Waals surface area contributed by atoms with Crippen molar-refractivity contribution >= 4 is 44.4 Å². The lowest BCUT2D eigenvalue weighted by molar-refractivity contribution is -0.142. The van der Waals surface area contributed by atoms with Crippen LogP contribution in [0, 0.1) is 5.41 Å². The minimum atomic E-state index is -3.54. The van der Waals surface area contributed by atoms with Crippen molar-refractivity contribution in [1.29, 1.82) is 0 Å². The second-order valence-electron chi connectivity index (χ2n) is 10.7. The summed E-state index contributed by atoms with van der Waals surface area (Å²) in [4.78, 5) is 57.1. The van der Waals surface area contributed by atoms with Gasteiger partial charge in [-0.05, 0) is 30.4 Å². The van der Waals surface area contributed by atoms with Gasteiger partial charge in [-0.15, -0.1) is 0 Å². The minimum Gasteiger partial charge on any atom is -0.481 e. The molecule has 3 amide bonds. The summed E-state index contributed by atoms with van der Waals surface area (Å²) in [5, 5.41) is 16.2. The highest BCUT2D eigenvalue weighted by molar-refractivity contribution is 7.93. The smallest absolute Gasteiger partial charge is 0.305 e. The van der Waals surface area contributed by atoms with E-state index in [9.17, 15) is 32.7 Å². The fourth-order valence-electron chi connectivity index (χ4n) is 4.39. The third-order valence-corrected chi connectivity index (χ3v) is 6.99. The number of nitrogens with one attached hydrogen (secondary N) is 2. The van der Waals surface area contributed by atoms with Crippen molar-refractivity contribution in [3.8, 4) is 0 Å². The number of likely N-dealkylation sites (tertiary alicyclic amines) is 1. The number of rotatable bonds is 9. The summed E-state index contributed by atoms with van der Waals surface area (Å²) in [6, 6.07) is 7.74. The first-order chi connectivity index (χ1) is 18.2. The Hall–Kier alpha value is -3.80. The fraction of sp³-hybridized carbons (Fsp3) is 0.444. The van der Waals surface area contributed by atoms with Crippen LogP contribution in [0.25, 0.3) is 10.9 Å². The molecule has 0 spiro atoms. The van der Waals surface area contributed by atoms with Gasteiger partial charge in [-0.3, -0.25) is 19.2 Å². The van der Waals surface area contributed by atoms with Gasteiger partial charge < -0.3 is 20.6 Å². The van der Waals surface area contributed by atoms with E-state index in [0.29, 0.717) is 18.4 Å². The lowest BCUT2D eigenvalue weighted by Crippen LogP contribution is -2.58. The maximum Gasteiger partial charge on any atom is 0.305 e. The minimum absolute atomic E-state index is 0.153. The Morgan fingerprint density at radius 3 is 2.46 bits per heavy atom. The molecule has 11 nitrogen and oxygen atoms in total. The number of benzene rings is 1. The Balaban J connectivity index is 1.79. The van der Waals surface area contributed by atoms with Crippen molar-refractivity contribution in [2.45, 2.75) is 58.2 Å². The van der Waals surface area contributed by atoms with Gasteiger partial charge in [0.15, 0.2) is 9.84 Å². The average Bonchev–Trinajstić information content (AvgIpc) is 3.34. The summed E-state index contributed by atoms with van der Waals surface area (Å²) in [6.45, 7) is 5.67. The van der Waals surface area contributed by atoms with Crippen LogP contribution in [0.3, 0.4) is 0 Å². The predicted octanol–water partition coefficient (Wildman–Crippen LogP) is 1.89. The maximum atomic E-state index is 13.7. The standard InChI is InChI=1S/C27H34N4O7S/c1-27(2,3)23(30-24(34)20-12-11-17-8-5-6-9-19(17)29-20)26(36)31-14-7-10-21(31)25(35)28-18(16-22(32)33)13-15-39(4,37)38/h5-6,8-9,11-13,15,18,21,23H,7,10,14,16H2,1-4H3,(H,28,35)(H,30,34)(H,32,33)/b15-13+/t18-,21-,23+/m1/s1. The van der Waals surface area contributed by atoms with Crippen molar-refractivity contribution in [2.24, 2.45) is 5.41 Å². The molecule has 3 N–H and O–H groups in total. The van der Waals surface area contributed by atoms with Gasteiger partial charge in [-0.1, -0.05) is 51.1 Å². The number of aliphatic carboxylic acids is 1. The molecule has 2 aromatic rings. The second-order valence-corrected chi connectivity index (χ2v) is 12.7. The van der Waals surface area contributed by atoms with E-state index in [1.807, 2.05) is 18.2 Å². The van der Waals surface area contributed by atoms with Crippen molar-refractivity contribution in [3.05, 3.63) is 53.6 Å². The topological polar surface area (TPSA) is 163 Å². The van der Waals surface area contributed by atoms with Crippen LogP contribution >= 0.6 is 0 Å². The first kappa shape index (κ1) is 29.8. The number of carboxylic acid groups (broad SMARTS) is 1. The van der Waals surface area contributed by atoms with E-state index in [-0.39, 0.29) is 12.2 Å². The number of para-hydroxylation sites is 1. The summed E-state index contributed by atoms with van der Waals surface area (Å²) in [5.41, 5.74) is 0.0821. The molecule has 2 heterocycles. The Morgan fingerprint density at radius 1 is 1.13 bits per heavy atom. The van der Waals surface area contributed by atoms with Crippen LogP contribution in [-0.4, -0.2) is 78.0 Å². The van der Waals surface area contributed by atoms with E-state index in [0.717, 1.165) is 23.1 Å². The number of carbonyl (C=O) groups is 4. The number of hydrogen-bond donors (Lipinski definition) is 3. The normalized spacial score (nSPS) is 17.6. The molecule has 0 bridgehead atoms. The average molecular weight is 559 g/mol. The molecule has 1 aromatic carbocycles. The Kier molecular flexibility index (Phi) is 9.10. The summed E-state index contributed by atoms with van der Waals surface area (Å²) in [6.07, 6.45) is 2.40. The highest BCUT2D eigenvalue weighted by atomic mass is 32.2. The van der Waals surface area contributed by atoms with Crippen LogP contribution in [0.1, 0.15) is 50.5 Å². The van der Waals surface area contributed by atoms with Crippen LogP contribution in [0.15, 0.2) is 47.9 Å². The zero-order chi connectivity index (χ0) is 29.0. The van der Waals surface area contributed by atoms with Crippen LogP contribution in [0.2, 0.25) is 0 Å². The molecule has 12 heteroatoms. The SMILES string of the molecule is CC(C)(C)[C@@H](NC(=O)c1ccc2ccccc2n1)C(=O)N1CCC[C@@H]1C(=O)N[C@H](/C=C/S(C)(=O)=O)CC(=O)O. The largest absolute Gasteiger partial charge is 0.481 e. The number of aromatic nitrogens is 1. The molecule has 1 aliphatic rings. The van der Waals surface area contributed by atoms with Crippen molar-refractivity contribution in [3.63, 3.8) is 0 Å². The zero-order valence-electron chi connectivity index (χ0n) is 22.4. The van der Waals surface area contributed by atoms with E-state index in [2.05, 4.69) is 15.6 Å². The monoisotopic (exact) mass is 558 g/mol. The number of fused-ring (bicyclic) bond motifs is 1. The number of carbonyl (C=O) groups excluding carboxylic acids is 3. The lowest BCUT2D eigenvalue weighted by Gasteiger charge is -2.35. The molecular weight excluding hydrogens is 524 g/mol. The first-order valence-electron chi connectivity index (χ1n) is 12.5. The summed E-state index contributed by atoms with van der Waals surface area (Å²) < 4.78 is 23.0. The molecule has 1 aromatic heterocycles. The number of pyridine rings is 1. The lowest BCUT2D eigenvalue weighted by atomic mass is 9.85. The van der Waals surface area contributed by atoms with E-state index in [4.69, 9.17) is 0 Å². The highest BCUT2D eigenvalue weighted by Crippen LogP contribution is 2.26. The molecule has 1 saturated heterocycles. The van der Waals surface area contributed by atoms with Gasteiger partial charge >= 0.3 is 5.97 Å². The molecule has 39 heavy (non-hydrogen) atoms. The summed E-state index contributed by atoms with van der Waals surface area (Å²) >= 11 is 0. The van der Waals surface area contributed by atoms with Crippen molar-refractivity contribution in [2.75, 3.05) is 12.8 Å². The van der Waals surface area contributed by atoms with Gasteiger partial charge in [0.1, 0.15) is 17.8 Å². The molecule has 0 aliphatic carbocycles. The number of carboxylic acids is 1. The molecule has 210 valence electrons. The summed E-state index contributed by atoms with van der Waals surface area (Å²) in [5.74, 6) is -2.80. The maximum absolute atomic E-state index is 13.7. The number of amides is 3. The van der Waals surface area contributed by atoms with E-state index < -0.39 is 63.5 Å². The molecule has 0 saturated carbocycles. The van der Waals surface area contributed by atoms with Crippen molar-refractivity contribution in [1.82, 2.24) is 20.5 Å². The van der Waals surface area contributed by atoms with Crippen molar-refractivity contribution < 1.29 is 32.7 Å². The zero-order valence-corrected chi connectivity index (χ0v) is 23.2. The van der Waals surface area contributed by atoms with E-state index >= 15 is 0 Å². The molecule has 3 rings (SSSR count). The van der Waals surface area contributed by atoms with Gasteiger partial charge in [0.05, 0.1) is 18.0 Å². The summed E-state index contributed by atoms with van der Waals surface area (Å²) in [7, 11) is -3.54. The third-order valence-electron chi connectivity index (χ3n) is 6.34. The Bertz CT molecular complexity index is 1400. The number of nitrogens with zero attached hydrogens (tertiary/aromatic N) is 2. The predicted molar refractivity (Wildman–Crippen MR) is 145 cm³/mol. The highest BCUT2D eigenvalue weighted by Gasteiger charge is 2.42.